The van der Waals surface area contributed by atoms with Gasteiger partial charge < -0.3 is 9.64 Å². The number of fused-ring (bicyclic) bond motifs is 1. The van der Waals surface area contributed by atoms with E-state index in [1.165, 1.54) is 0 Å². The van der Waals surface area contributed by atoms with Gasteiger partial charge in [0.1, 0.15) is 11.7 Å². The van der Waals surface area contributed by atoms with Crippen molar-refractivity contribution in [3.8, 4) is 11.4 Å². The Bertz CT molecular complexity index is 1610. The molecule has 2 unspecified atom stereocenters. The van der Waals surface area contributed by atoms with Gasteiger partial charge in [-0.3, -0.25) is 0 Å². The topological polar surface area (TPSA) is 111 Å². The molecule has 1 saturated carbocycles. The van der Waals surface area contributed by atoms with E-state index in [1.54, 1.807) is 4.68 Å². The van der Waals surface area contributed by atoms with Gasteiger partial charge in [0, 0.05) is 47.7 Å². The van der Waals surface area contributed by atoms with E-state index in [4.69, 9.17) is 25.1 Å². The summed E-state index contributed by atoms with van der Waals surface area (Å²) < 4.78 is 12.4. The average molecular weight is 662 g/mol. The number of nitrogens with zero attached hydrogens (tertiary/aromatic N) is 5. The predicted molar refractivity (Wildman–Crippen MR) is 187 cm³/mol. The first-order valence-corrected chi connectivity index (χ1v) is 17.5. The molecule has 2 aliphatic rings. The molecule has 1 aromatic heterocycles. The van der Waals surface area contributed by atoms with E-state index in [9.17, 15) is 4.79 Å². The minimum absolute atomic E-state index is 0.147. The number of unbranched alkanes of at least 4 members (excludes halogenated alkanes) is 1. The average Bonchev–Trinajstić information content (AvgIpc) is 3.56. The van der Waals surface area contributed by atoms with Crippen molar-refractivity contribution < 1.29 is 24.2 Å². The van der Waals surface area contributed by atoms with Crippen molar-refractivity contribution in [1.82, 2.24) is 14.8 Å². The van der Waals surface area contributed by atoms with Crippen molar-refractivity contribution in [2.45, 2.75) is 80.3 Å². The van der Waals surface area contributed by atoms with E-state index < -0.39 is 0 Å². The molecule has 1 aliphatic heterocycles. The van der Waals surface area contributed by atoms with Crippen LogP contribution in [0.1, 0.15) is 77.3 Å². The fourth-order valence-corrected chi connectivity index (χ4v) is 7.37. The molecule has 11 heteroatoms. The van der Waals surface area contributed by atoms with Gasteiger partial charge in [-0.2, -0.15) is 4.68 Å². The summed E-state index contributed by atoms with van der Waals surface area (Å²) in [5.74, 6) is 3.13. The SMILES string of the molecule is CCN(CCCCSOOO)c1ccc(N=C2C(C)=C(C(=O)OC3C(C)CC(C)CC3C)c3nc(-c4ccc(C)cc4)nn32)c(C)c1. The Hall–Kier alpha value is -3.51. The lowest BCUT2D eigenvalue weighted by atomic mass is 9.75. The summed E-state index contributed by atoms with van der Waals surface area (Å²) in [6, 6.07) is 14.3. The van der Waals surface area contributed by atoms with Gasteiger partial charge in [0.05, 0.1) is 5.69 Å². The summed E-state index contributed by atoms with van der Waals surface area (Å²) in [5, 5.41) is 16.8. The van der Waals surface area contributed by atoms with Crippen molar-refractivity contribution >= 4 is 40.8 Å². The summed E-state index contributed by atoms with van der Waals surface area (Å²) in [5.41, 5.74) is 6.08. The van der Waals surface area contributed by atoms with E-state index >= 15 is 0 Å². The zero-order valence-electron chi connectivity index (χ0n) is 28.5. The molecule has 1 N–H and O–H groups in total. The first-order valence-electron chi connectivity index (χ1n) is 16.6. The summed E-state index contributed by atoms with van der Waals surface area (Å²) in [4.78, 5) is 26.3. The Morgan fingerprint density at radius 2 is 1.79 bits per heavy atom. The van der Waals surface area contributed by atoms with Crippen LogP contribution in [0.25, 0.3) is 17.0 Å². The lowest BCUT2D eigenvalue weighted by molar-refractivity contribution is -0.432. The molecule has 0 radical (unpaired) electrons. The molecule has 2 atom stereocenters. The fourth-order valence-electron chi connectivity index (χ4n) is 6.93. The molecule has 0 amide bonds. The molecule has 10 nitrogen and oxygen atoms in total. The van der Waals surface area contributed by atoms with Crippen LogP contribution in [0.5, 0.6) is 0 Å². The molecule has 0 bridgehead atoms. The Kier molecular flexibility index (Phi) is 11.5. The molecule has 2 aromatic carbocycles. The van der Waals surface area contributed by atoms with Crippen LogP contribution in [-0.4, -0.2) is 56.8 Å². The second-order valence-corrected chi connectivity index (χ2v) is 13.9. The minimum Gasteiger partial charge on any atom is -0.458 e. The van der Waals surface area contributed by atoms with Crippen LogP contribution in [-0.2, 0) is 18.9 Å². The lowest BCUT2D eigenvalue weighted by Crippen LogP contribution is -2.37. The zero-order chi connectivity index (χ0) is 33.7. The third-order valence-electron chi connectivity index (χ3n) is 9.31. The molecule has 3 aromatic rings. The van der Waals surface area contributed by atoms with Crippen LogP contribution >= 0.6 is 12.0 Å². The Balaban J connectivity index is 1.45. The third kappa shape index (κ3) is 7.97. The number of hydrogen-bond acceptors (Lipinski definition) is 10. The predicted octanol–water partition coefficient (Wildman–Crippen LogP) is 8.22. The number of aromatic nitrogens is 3. The highest BCUT2D eigenvalue weighted by molar-refractivity contribution is 7.94. The van der Waals surface area contributed by atoms with Crippen LogP contribution in [0.15, 0.2) is 53.0 Å². The van der Waals surface area contributed by atoms with Gasteiger partial charge in [-0.25, -0.2) is 20.0 Å². The van der Waals surface area contributed by atoms with E-state index in [2.05, 4.69) is 61.0 Å². The molecule has 0 spiro atoms. The van der Waals surface area contributed by atoms with Crippen LogP contribution in [0.4, 0.5) is 11.4 Å². The van der Waals surface area contributed by atoms with E-state index in [-0.39, 0.29) is 23.9 Å². The first-order chi connectivity index (χ1) is 22.6. The third-order valence-corrected chi connectivity index (χ3v) is 9.92. The van der Waals surface area contributed by atoms with Gasteiger partial charge in [-0.05, 0) is 94.9 Å². The number of allylic oxidation sites excluding steroid dienone is 1. The Morgan fingerprint density at radius 1 is 1.06 bits per heavy atom. The highest BCUT2D eigenvalue weighted by Crippen LogP contribution is 2.38. The number of hydrogen-bond donors (Lipinski definition) is 1. The number of aliphatic imine (C=N–C) groups is 1. The van der Waals surface area contributed by atoms with Gasteiger partial charge in [-0.1, -0.05) is 55.6 Å². The van der Waals surface area contributed by atoms with Crippen LogP contribution in [0, 0.1) is 31.6 Å². The normalized spacial score (nSPS) is 21.7. The number of ether oxygens (including phenoxy) is 1. The van der Waals surface area contributed by atoms with Crippen molar-refractivity contribution in [2.24, 2.45) is 22.7 Å². The molecule has 1 fully saturated rings. The second-order valence-electron chi connectivity index (χ2n) is 13.1. The van der Waals surface area contributed by atoms with Gasteiger partial charge in [0.15, 0.2) is 17.5 Å². The molecule has 252 valence electrons. The van der Waals surface area contributed by atoms with Crippen LogP contribution in [0.3, 0.4) is 0 Å². The number of carbonyl (C=O) groups excluding carboxylic acids is 1. The maximum absolute atomic E-state index is 14.0. The van der Waals surface area contributed by atoms with Crippen molar-refractivity contribution in [3.05, 3.63) is 65.0 Å². The summed E-state index contributed by atoms with van der Waals surface area (Å²) >= 11 is 1.08. The van der Waals surface area contributed by atoms with Crippen molar-refractivity contribution in [3.63, 3.8) is 0 Å². The number of carbonyl (C=O) groups is 1. The molecular weight excluding hydrogens is 614 g/mol. The monoisotopic (exact) mass is 661 g/mol. The smallest absolute Gasteiger partial charge is 0.342 e. The van der Waals surface area contributed by atoms with Crippen molar-refractivity contribution in [2.75, 3.05) is 23.7 Å². The number of anilines is 1. The molecule has 2 heterocycles. The molecule has 47 heavy (non-hydrogen) atoms. The fraction of sp³-hybridized carbons (Fsp3) is 0.500. The maximum Gasteiger partial charge on any atom is 0.342 e. The van der Waals surface area contributed by atoms with E-state index in [1.807, 2.05) is 44.2 Å². The molecule has 1 aliphatic carbocycles. The highest BCUT2D eigenvalue weighted by atomic mass is 32.2. The second kappa shape index (κ2) is 15.6. The van der Waals surface area contributed by atoms with E-state index in [0.29, 0.717) is 34.5 Å². The van der Waals surface area contributed by atoms with Crippen LogP contribution in [0.2, 0.25) is 0 Å². The van der Waals surface area contributed by atoms with Crippen LogP contribution < -0.4 is 4.90 Å². The minimum atomic E-state index is -0.366. The quantitative estimate of drug-likeness (QED) is 0.0637. The summed E-state index contributed by atoms with van der Waals surface area (Å²) in [6.45, 7) is 16.5. The van der Waals surface area contributed by atoms with Gasteiger partial charge in [0.2, 0.25) is 0 Å². The summed E-state index contributed by atoms with van der Waals surface area (Å²) in [7, 11) is 0. The van der Waals surface area contributed by atoms with E-state index in [0.717, 1.165) is 84.6 Å². The molecule has 5 rings (SSSR count). The Labute approximate surface area is 282 Å². The lowest BCUT2D eigenvalue weighted by Gasteiger charge is -2.37. The molecule has 0 saturated heterocycles. The van der Waals surface area contributed by atoms with Gasteiger partial charge in [0.25, 0.3) is 0 Å². The van der Waals surface area contributed by atoms with Gasteiger partial charge >= 0.3 is 5.97 Å². The number of aryl methyl sites for hydroxylation is 2. The Morgan fingerprint density at radius 3 is 2.45 bits per heavy atom. The standard InChI is InChI=1S/C36H47N5O5S/c1-8-40(17-9-10-18-47-46-45-43)29-15-16-30(24(4)21-29)37-34-27(7)31(36(42)44-32-25(5)19-23(3)20-26(32)6)35-38-33(39-41(34)35)28-13-11-22(2)12-14-28/h11-16,21,23,25-26,32,43H,8-10,17-20H2,1-7H3. The maximum atomic E-state index is 14.0. The van der Waals surface area contributed by atoms with Crippen molar-refractivity contribution in [1.29, 1.82) is 0 Å². The highest BCUT2D eigenvalue weighted by Gasteiger charge is 2.39. The molecular formula is C36H47N5O5S. The first kappa shape index (κ1) is 34.8. The van der Waals surface area contributed by atoms with Gasteiger partial charge in [-0.15, -0.1) is 9.43 Å². The summed E-state index contributed by atoms with van der Waals surface area (Å²) in [6.07, 6.45) is 3.83. The number of rotatable bonds is 13. The number of benzene rings is 2. The zero-order valence-corrected chi connectivity index (χ0v) is 29.3. The largest absolute Gasteiger partial charge is 0.458 e. The number of esters is 1.